The van der Waals surface area contributed by atoms with Crippen LogP contribution >= 0.6 is 11.3 Å². The van der Waals surface area contributed by atoms with Crippen LogP contribution in [-0.4, -0.2) is 49.3 Å². The number of nitrogens with zero attached hydrogens (tertiary/aromatic N) is 4. The molecular weight excluding hydrogens is 430 g/mol. The molecule has 1 aliphatic heterocycles. The number of pyridine rings is 1. The van der Waals surface area contributed by atoms with Crippen molar-refractivity contribution in [3.05, 3.63) is 58.5 Å². The molecule has 2 aromatic rings. The monoisotopic (exact) mass is 458 g/mol. The third-order valence-electron chi connectivity index (χ3n) is 7.45. The van der Waals surface area contributed by atoms with Crippen molar-refractivity contribution in [2.45, 2.75) is 26.2 Å². The van der Waals surface area contributed by atoms with Crippen molar-refractivity contribution >= 4 is 45.3 Å². The maximum atomic E-state index is 13.4. The lowest BCUT2D eigenvalue weighted by Gasteiger charge is -2.24. The number of carbonyl (C=O) groups is 1. The van der Waals surface area contributed by atoms with Gasteiger partial charge in [-0.05, 0) is 42.7 Å². The zero-order valence-electron chi connectivity index (χ0n) is 19.3. The second-order valence-corrected chi connectivity index (χ2v) is 11.0. The van der Waals surface area contributed by atoms with Gasteiger partial charge in [0.15, 0.2) is 0 Å². The molecule has 0 aromatic carbocycles. The van der Waals surface area contributed by atoms with E-state index in [2.05, 4.69) is 41.4 Å². The molecule has 1 amide bonds. The number of nitrogens with one attached hydrogen (secondary N) is 1. The Labute approximate surface area is 198 Å². The maximum Gasteiger partial charge on any atom is 0.273 e. The molecule has 0 spiro atoms. The molecular formula is C26H28N5OS. The van der Waals surface area contributed by atoms with Crippen LogP contribution in [0.3, 0.4) is 0 Å². The lowest BCUT2D eigenvalue weighted by atomic mass is 10.0. The van der Waals surface area contributed by atoms with Gasteiger partial charge in [-0.15, -0.1) is 11.3 Å². The maximum absolute atomic E-state index is 13.4. The van der Waals surface area contributed by atoms with Crippen LogP contribution in [0.4, 0.5) is 11.5 Å². The Morgan fingerprint density at radius 1 is 1.27 bits per heavy atom. The molecule has 1 radical (unpaired) electrons. The summed E-state index contributed by atoms with van der Waals surface area (Å²) in [4.78, 5) is 25.8. The van der Waals surface area contributed by atoms with Crippen molar-refractivity contribution < 1.29 is 4.79 Å². The summed E-state index contributed by atoms with van der Waals surface area (Å²) < 4.78 is 0. The van der Waals surface area contributed by atoms with Crippen molar-refractivity contribution in [3.63, 3.8) is 0 Å². The van der Waals surface area contributed by atoms with Gasteiger partial charge in [-0.1, -0.05) is 30.2 Å². The summed E-state index contributed by atoms with van der Waals surface area (Å²) >= 11 is 1.42. The number of thiophene rings is 1. The van der Waals surface area contributed by atoms with Crippen LogP contribution in [0.2, 0.25) is 0 Å². The van der Waals surface area contributed by atoms with Gasteiger partial charge in [0.25, 0.3) is 5.91 Å². The van der Waals surface area contributed by atoms with Crippen LogP contribution in [0.25, 0.3) is 10.2 Å². The summed E-state index contributed by atoms with van der Waals surface area (Å²) in [5.74, 6) is 1.27. The molecule has 2 atom stereocenters. The number of amides is 1. The smallest absolute Gasteiger partial charge is 0.273 e. The quantitative estimate of drug-likeness (QED) is 0.506. The van der Waals surface area contributed by atoms with Gasteiger partial charge in [-0.3, -0.25) is 15.1 Å². The van der Waals surface area contributed by atoms with Crippen LogP contribution in [0, 0.1) is 23.2 Å². The first-order chi connectivity index (χ1) is 15.9. The van der Waals surface area contributed by atoms with E-state index < -0.39 is 0 Å². The number of hydrogen-bond acceptors (Lipinski definition) is 6. The van der Waals surface area contributed by atoms with Gasteiger partial charge in [0.1, 0.15) is 10.6 Å². The second-order valence-electron chi connectivity index (χ2n) is 9.95. The van der Waals surface area contributed by atoms with Gasteiger partial charge < -0.3 is 9.80 Å². The number of anilines is 2. The summed E-state index contributed by atoms with van der Waals surface area (Å²) in [7, 11) is 4.06. The molecule has 1 fully saturated rings. The van der Waals surface area contributed by atoms with Crippen LogP contribution in [0.1, 0.15) is 35.9 Å². The van der Waals surface area contributed by atoms with E-state index in [0.29, 0.717) is 10.8 Å². The molecule has 7 heteroatoms. The fourth-order valence-corrected chi connectivity index (χ4v) is 6.02. The lowest BCUT2D eigenvalue weighted by molar-refractivity contribution is 0.0888. The Bertz CT molecular complexity index is 1270. The molecule has 1 N–H and O–H groups in total. The highest BCUT2D eigenvalue weighted by Gasteiger charge is 2.48. The van der Waals surface area contributed by atoms with E-state index in [-0.39, 0.29) is 11.3 Å². The van der Waals surface area contributed by atoms with Crippen LogP contribution in [-0.2, 0) is 0 Å². The minimum absolute atomic E-state index is 0.169. The Morgan fingerprint density at radius 3 is 2.70 bits per heavy atom. The summed E-state index contributed by atoms with van der Waals surface area (Å²) in [6.07, 6.45) is 13.0. The van der Waals surface area contributed by atoms with Crippen molar-refractivity contribution in [3.8, 4) is 0 Å². The van der Waals surface area contributed by atoms with Crippen molar-refractivity contribution in [2.24, 2.45) is 11.3 Å². The van der Waals surface area contributed by atoms with E-state index >= 15 is 0 Å². The molecule has 33 heavy (non-hydrogen) atoms. The van der Waals surface area contributed by atoms with Gasteiger partial charge in [-0.2, -0.15) is 0 Å². The van der Waals surface area contributed by atoms with Crippen LogP contribution < -0.4 is 9.80 Å². The Balaban J connectivity index is 1.33. The predicted molar refractivity (Wildman–Crippen MR) is 135 cm³/mol. The summed E-state index contributed by atoms with van der Waals surface area (Å²) in [6.45, 7) is 4.18. The van der Waals surface area contributed by atoms with Crippen molar-refractivity contribution in [2.75, 3.05) is 37.0 Å². The molecule has 169 valence electrons. The largest absolute Gasteiger partial charge is 0.377 e. The molecule has 6 nitrogen and oxygen atoms in total. The number of rotatable bonds is 5. The number of fused-ring (bicyclic) bond motifs is 2. The van der Waals surface area contributed by atoms with E-state index in [0.717, 1.165) is 66.1 Å². The summed E-state index contributed by atoms with van der Waals surface area (Å²) in [6, 6.07) is 4.09. The molecule has 2 unspecified atom stereocenters. The summed E-state index contributed by atoms with van der Waals surface area (Å²) in [5, 5.41) is 8.92. The van der Waals surface area contributed by atoms with E-state index in [4.69, 9.17) is 10.4 Å². The van der Waals surface area contributed by atoms with Gasteiger partial charge in [0.2, 0.25) is 0 Å². The third-order valence-corrected chi connectivity index (χ3v) is 8.46. The average Bonchev–Trinajstić information content (AvgIpc) is 3.65. The third kappa shape index (κ3) is 3.50. The Morgan fingerprint density at radius 2 is 2.03 bits per heavy atom. The van der Waals surface area contributed by atoms with Crippen LogP contribution in [0.5, 0.6) is 0 Å². The number of allylic oxidation sites excluding steroid dienone is 3. The molecule has 3 heterocycles. The van der Waals surface area contributed by atoms with E-state index in [9.17, 15) is 4.79 Å². The number of aromatic nitrogens is 1. The van der Waals surface area contributed by atoms with Gasteiger partial charge in [-0.25, -0.2) is 4.98 Å². The zero-order valence-corrected chi connectivity index (χ0v) is 20.1. The average molecular weight is 459 g/mol. The van der Waals surface area contributed by atoms with E-state index in [1.54, 1.807) is 0 Å². The standard InChI is InChI=1S/C26H28N5OS/c1-26-7-4-19(11-18(26)14-26)31(15-27)25(32)22-12-20-21(29(2)3)13-23(28-24(20)33-22)30-8-5-16-10-17(16)6-9-30/h4,7,10-13,15,18,27H,5-6,8-9,14H2,1-3H3. The van der Waals surface area contributed by atoms with E-state index in [1.807, 2.05) is 26.2 Å². The first kappa shape index (κ1) is 20.7. The number of carbonyl (C=O) groups excluding carboxylic acids is 1. The van der Waals surface area contributed by atoms with Crippen LogP contribution in [0.15, 0.2) is 47.2 Å². The second kappa shape index (κ2) is 7.29. The molecule has 3 aliphatic carbocycles. The van der Waals surface area contributed by atoms with Gasteiger partial charge in [0.05, 0.1) is 16.9 Å². The molecule has 2 aromatic heterocycles. The molecule has 6 rings (SSSR count). The lowest BCUT2D eigenvalue weighted by Crippen LogP contribution is -2.28. The Kier molecular flexibility index (Phi) is 4.56. The first-order valence-corrected chi connectivity index (χ1v) is 12.4. The topological polar surface area (TPSA) is 63.5 Å². The highest BCUT2D eigenvalue weighted by molar-refractivity contribution is 7.20. The van der Waals surface area contributed by atoms with Gasteiger partial charge in [0, 0.05) is 50.8 Å². The van der Waals surface area contributed by atoms with Crippen molar-refractivity contribution in [1.82, 2.24) is 9.88 Å². The highest BCUT2D eigenvalue weighted by atomic mass is 32.1. The molecule has 0 bridgehead atoms. The molecule has 0 saturated heterocycles. The zero-order chi connectivity index (χ0) is 22.9. The minimum atomic E-state index is -0.169. The summed E-state index contributed by atoms with van der Waals surface area (Å²) in [5.41, 5.74) is 5.13. The van der Waals surface area contributed by atoms with Crippen molar-refractivity contribution in [1.29, 1.82) is 5.41 Å². The SMILES string of the molecule is CN(C)c1cc(N2CCC3=C([CH]3)CC2)nc2sc(C(=O)N(C=N)C3=CC4CC4(C)C=C3)cc12. The molecule has 1 saturated carbocycles. The predicted octanol–water partition coefficient (Wildman–Crippen LogP) is 5.01. The molecule has 4 aliphatic rings. The number of hydrogen-bond donors (Lipinski definition) is 1. The van der Waals surface area contributed by atoms with E-state index in [1.165, 1.54) is 27.4 Å². The Hall–Kier alpha value is -2.93. The minimum Gasteiger partial charge on any atom is -0.377 e. The normalized spacial score (nSPS) is 25.2. The fraction of sp³-hybridized carbons (Fsp3) is 0.385. The highest BCUT2D eigenvalue weighted by Crippen LogP contribution is 2.56. The first-order valence-electron chi connectivity index (χ1n) is 11.6. The fourth-order valence-electron chi connectivity index (χ4n) is 5.04. The van der Waals surface area contributed by atoms with Gasteiger partial charge >= 0.3 is 0 Å².